The Kier molecular flexibility index (Phi) is 5.22. The maximum absolute atomic E-state index is 13.9. The topological polar surface area (TPSA) is 63.2 Å². The highest BCUT2D eigenvalue weighted by molar-refractivity contribution is 8.13. The first-order valence-electron chi connectivity index (χ1n) is 6.93. The summed E-state index contributed by atoms with van der Waals surface area (Å²) < 4.78 is 36.1. The molecule has 0 heterocycles. The Bertz CT molecular complexity index is 625. The Morgan fingerprint density at radius 2 is 1.81 bits per heavy atom. The van der Waals surface area contributed by atoms with Crippen LogP contribution in [0.5, 0.6) is 0 Å². The molecule has 21 heavy (non-hydrogen) atoms. The molecule has 1 aromatic rings. The second-order valence-corrected chi connectivity index (χ2v) is 7.82. The monoisotopic (exact) mass is 333 g/mol. The summed E-state index contributed by atoms with van der Waals surface area (Å²) in [6.07, 6.45) is 5.87. The molecule has 0 unspecified atom stereocenters. The van der Waals surface area contributed by atoms with Gasteiger partial charge in [0.1, 0.15) is 5.82 Å². The lowest BCUT2D eigenvalue weighted by Gasteiger charge is -2.14. The third-order valence-corrected chi connectivity index (χ3v) is 5.06. The average molecular weight is 334 g/mol. The molecule has 1 aliphatic rings. The van der Waals surface area contributed by atoms with Gasteiger partial charge >= 0.3 is 0 Å². The zero-order valence-electron chi connectivity index (χ0n) is 11.4. The number of carbonyl (C=O) groups excluding carboxylic acids is 1. The Morgan fingerprint density at radius 1 is 1.19 bits per heavy atom. The van der Waals surface area contributed by atoms with E-state index in [9.17, 15) is 17.6 Å². The number of hydrogen-bond donors (Lipinski definition) is 1. The first kappa shape index (κ1) is 16.2. The van der Waals surface area contributed by atoms with Gasteiger partial charge in [-0.3, -0.25) is 4.79 Å². The summed E-state index contributed by atoms with van der Waals surface area (Å²) in [4.78, 5) is 11.8. The van der Waals surface area contributed by atoms with Crippen LogP contribution in [0.2, 0.25) is 0 Å². The Hall–Kier alpha value is -1.14. The highest BCUT2D eigenvalue weighted by Crippen LogP contribution is 2.26. The van der Waals surface area contributed by atoms with Crippen LogP contribution in [0.1, 0.15) is 38.5 Å². The molecule has 0 radical (unpaired) electrons. The third kappa shape index (κ3) is 4.41. The quantitative estimate of drug-likeness (QED) is 0.678. The molecular weight excluding hydrogens is 317 g/mol. The molecular formula is C14H17ClFNO3S. The molecule has 2 rings (SSSR count). The molecule has 116 valence electrons. The molecule has 1 aliphatic carbocycles. The van der Waals surface area contributed by atoms with Crippen LogP contribution >= 0.6 is 10.7 Å². The fraction of sp³-hybridized carbons (Fsp3) is 0.500. The number of nitrogens with one attached hydrogen (secondary N) is 1. The second kappa shape index (κ2) is 6.75. The Labute approximate surface area is 128 Å². The van der Waals surface area contributed by atoms with Crippen molar-refractivity contribution in [1.82, 2.24) is 0 Å². The van der Waals surface area contributed by atoms with Gasteiger partial charge in [-0.2, -0.15) is 0 Å². The molecule has 7 heteroatoms. The summed E-state index contributed by atoms with van der Waals surface area (Å²) in [5.41, 5.74) is -0.0201. The van der Waals surface area contributed by atoms with Gasteiger partial charge in [0, 0.05) is 16.6 Å². The smallest absolute Gasteiger partial charge is 0.261 e. The molecule has 1 N–H and O–H groups in total. The van der Waals surface area contributed by atoms with Crippen molar-refractivity contribution in [3.8, 4) is 0 Å². The highest BCUT2D eigenvalue weighted by Gasteiger charge is 2.21. The maximum Gasteiger partial charge on any atom is 0.261 e. The molecule has 0 aliphatic heterocycles. The number of hydrogen-bond acceptors (Lipinski definition) is 3. The van der Waals surface area contributed by atoms with Gasteiger partial charge in [-0.25, -0.2) is 12.8 Å². The predicted octanol–water partition coefficient (Wildman–Crippen LogP) is 3.66. The van der Waals surface area contributed by atoms with E-state index in [1.165, 1.54) is 12.1 Å². The summed E-state index contributed by atoms with van der Waals surface area (Å²) in [5, 5.41) is 2.53. The van der Waals surface area contributed by atoms with Crippen LogP contribution in [0, 0.1) is 11.7 Å². The van der Waals surface area contributed by atoms with E-state index in [4.69, 9.17) is 10.7 Å². The molecule has 0 saturated heterocycles. The largest absolute Gasteiger partial charge is 0.323 e. The van der Waals surface area contributed by atoms with E-state index in [1.807, 2.05) is 0 Å². The molecule has 1 fully saturated rings. The standard InChI is InChI=1S/C14H17ClFNO3S/c15-21(19,20)11-7-8-13(12(16)9-11)17-14(18)10-5-3-1-2-4-6-10/h7-10H,1-6H2,(H,17,18). The van der Waals surface area contributed by atoms with Crippen molar-refractivity contribution >= 4 is 31.3 Å². The van der Waals surface area contributed by atoms with Crippen molar-refractivity contribution in [3.63, 3.8) is 0 Å². The van der Waals surface area contributed by atoms with Crippen molar-refractivity contribution in [2.75, 3.05) is 5.32 Å². The summed E-state index contributed by atoms with van der Waals surface area (Å²) in [5.74, 6) is -1.13. The number of carbonyl (C=O) groups is 1. The minimum Gasteiger partial charge on any atom is -0.323 e. The summed E-state index contributed by atoms with van der Waals surface area (Å²) in [6, 6.07) is 3.21. The number of halogens is 2. The van der Waals surface area contributed by atoms with E-state index in [0.29, 0.717) is 0 Å². The number of benzene rings is 1. The predicted molar refractivity (Wildman–Crippen MR) is 79.3 cm³/mol. The van der Waals surface area contributed by atoms with E-state index in [2.05, 4.69) is 5.32 Å². The van der Waals surface area contributed by atoms with Crippen LogP contribution in [0.4, 0.5) is 10.1 Å². The van der Waals surface area contributed by atoms with Crippen LogP contribution in [0.15, 0.2) is 23.1 Å². The lowest BCUT2D eigenvalue weighted by atomic mass is 9.99. The first-order valence-corrected chi connectivity index (χ1v) is 9.24. The lowest BCUT2D eigenvalue weighted by molar-refractivity contribution is -0.120. The van der Waals surface area contributed by atoms with Crippen LogP contribution in [0.25, 0.3) is 0 Å². The van der Waals surface area contributed by atoms with Crippen molar-refractivity contribution in [2.45, 2.75) is 43.4 Å². The van der Waals surface area contributed by atoms with Gasteiger partial charge in [-0.15, -0.1) is 0 Å². The third-order valence-electron chi connectivity index (χ3n) is 3.71. The molecule has 0 spiro atoms. The SMILES string of the molecule is O=C(Nc1ccc(S(=O)(=O)Cl)cc1F)C1CCCCCC1. The highest BCUT2D eigenvalue weighted by atomic mass is 35.7. The van der Waals surface area contributed by atoms with E-state index in [-0.39, 0.29) is 22.4 Å². The summed E-state index contributed by atoms with van der Waals surface area (Å²) in [7, 11) is 1.17. The van der Waals surface area contributed by atoms with Crippen LogP contribution in [0.3, 0.4) is 0 Å². The second-order valence-electron chi connectivity index (χ2n) is 5.26. The van der Waals surface area contributed by atoms with Gasteiger partial charge in [-0.1, -0.05) is 25.7 Å². The van der Waals surface area contributed by atoms with E-state index < -0.39 is 14.9 Å². The van der Waals surface area contributed by atoms with Gasteiger partial charge in [0.05, 0.1) is 10.6 Å². The molecule has 0 aromatic heterocycles. The number of anilines is 1. The fourth-order valence-corrected chi connectivity index (χ4v) is 3.29. The number of amides is 1. The van der Waals surface area contributed by atoms with Gasteiger partial charge in [0.2, 0.25) is 5.91 Å². The van der Waals surface area contributed by atoms with Crippen LogP contribution in [-0.4, -0.2) is 14.3 Å². The first-order chi connectivity index (χ1) is 9.88. The molecule has 0 atom stereocenters. The molecule has 1 aromatic carbocycles. The molecule has 4 nitrogen and oxygen atoms in total. The van der Waals surface area contributed by atoms with Crippen molar-refractivity contribution in [1.29, 1.82) is 0 Å². The average Bonchev–Trinajstić information content (AvgIpc) is 2.68. The van der Waals surface area contributed by atoms with E-state index >= 15 is 0 Å². The molecule has 1 amide bonds. The van der Waals surface area contributed by atoms with Gasteiger partial charge in [-0.05, 0) is 31.0 Å². The molecule has 0 bridgehead atoms. The Morgan fingerprint density at radius 3 is 2.33 bits per heavy atom. The zero-order chi connectivity index (χ0) is 15.5. The van der Waals surface area contributed by atoms with Gasteiger partial charge in [0.25, 0.3) is 9.05 Å². The van der Waals surface area contributed by atoms with Gasteiger partial charge < -0.3 is 5.32 Å². The van der Waals surface area contributed by atoms with Crippen molar-refractivity contribution in [2.24, 2.45) is 5.92 Å². The van der Waals surface area contributed by atoms with Crippen molar-refractivity contribution < 1.29 is 17.6 Å². The zero-order valence-corrected chi connectivity index (χ0v) is 13.0. The lowest BCUT2D eigenvalue weighted by Crippen LogP contribution is -2.23. The van der Waals surface area contributed by atoms with Gasteiger partial charge in [0.15, 0.2) is 0 Å². The van der Waals surface area contributed by atoms with Crippen LogP contribution < -0.4 is 5.32 Å². The van der Waals surface area contributed by atoms with E-state index in [1.54, 1.807) is 0 Å². The van der Waals surface area contributed by atoms with E-state index in [0.717, 1.165) is 44.6 Å². The van der Waals surface area contributed by atoms with Crippen LogP contribution in [-0.2, 0) is 13.8 Å². The normalized spacial score (nSPS) is 17.2. The Balaban J connectivity index is 2.10. The molecule has 1 saturated carbocycles. The summed E-state index contributed by atoms with van der Waals surface area (Å²) >= 11 is 0. The number of rotatable bonds is 3. The minimum atomic E-state index is -3.98. The maximum atomic E-state index is 13.9. The fourth-order valence-electron chi connectivity index (χ4n) is 2.53. The van der Waals surface area contributed by atoms with Crippen molar-refractivity contribution in [3.05, 3.63) is 24.0 Å². The minimum absolute atomic E-state index is 0.0201. The summed E-state index contributed by atoms with van der Waals surface area (Å²) in [6.45, 7) is 0.